The minimum Gasteiger partial charge on any atom is -0.336 e. The fraction of sp³-hybridized carbons (Fsp3) is 0.727. The van der Waals surface area contributed by atoms with Crippen molar-refractivity contribution in [3.63, 3.8) is 0 Å². The molecule has 2 bridgehead atoms. The molecule has 0 radical (unpaired) electrons. The van der Waals surface area contributed by atoms with E-state index in [1.165, 1.54) is 12.5 Å². The number of carbonyl (C=O) groups is 1. The Hall–Kier alpha value is -0.830. The van der Waals surface area contributed by atoms with Crippen molar-refractivity contribution in [3.05, 3.63) is 12.7 Å². The molecule has 0 unspecified atom stereocenters. The first-order valence-electron chi connectivity index (χ1n) is 5.32. The van der Waals surface area contributed by atoms with Crippen molar-refractivity contribution in [2.24, 2.45) is 0 Å². The van der Waals surface area contributed by atoms with Crippen LogP contribution >= 0.6 is 0 Å². The SMILES string of the molecule is C=CC(=O)N1C[C@H]2C[C@@H](C1)N2C(C)C. The van der Waals surface area contributed by atoms with Crippen molar-refractivity contribution in [1.29, 1.82) is 0 Å². The van der Waals surface area contributed by atoms with Gasteiger partial charge in [-0.15, -0.1) is 0 Å². The minimum absolute atomic E-state index is 0.0862. The topological polar surface area (TPSA) is 23.6 Å². The summed E-state index contributed by atoms with van der Waals surface area (Å²) in [7, 11) is 0. The number of rotatable bonds is 2. The van der Waals surface area contributed by atoms with Gasteiger partial charge in [-0.2, -0.15) is 0 Å². The van der Waals surface area contributed by atoms with Crippen LogP contribution in [0.3, 0.4) is 0 Å². The van der Waals surface area contributed by atoms with E-state index >= 15 is 0 Å². The molecule has 0 aromatic heterocycles. The molecule has 78 valence electrons. The third kappa shape index (κ3) is 1.36. The number of hydrogen-bond donors (Lipinski definition) is 0. The van der Waals surface area contributed by atoms with Gasteiger partial charge in [-0.3, -0.25) is 9.69 Å². The van der Waals surface area contributed by atoms with E-state index in [0.717, 1.165) is 13.1 Å². The lowest BCUT2D eigenvalue weighted by Crippen LogP contribution is -2.70. The molecule has 0 aliphatic carbocycles. The Morgan fingerprint density at radius 3 is 2.43 bits per heavy atom. The second-order valence-corrected chi connectivity index (χ2v) is 4.53. The van der Waals surface area contributed by atoms with Crippen LogP contribution in [-0.2, 0) is 4.79 Å². The summed E-state index contributed by atoms with van der Waals surface area (Å²) < 4.78 is 0. The molecule has 0 saturated carbocycles. The molecule has 3 aliphatic rings. The molecule has 1 amide bonds. The molecule has 2 atom stereocenters. The highest BCUT2D eigenvalue weighted by molar-refractivity contribution is 5.87. The molecular weight excluding hydrogens is 176 g/mol. The van der Waals surface area contributed by atoms with Gasteiger partial charge >= 0.3 is 0 Å². The zero-order valence-corrected chi connectivity index (χ0v) is 8.94. The number of nitrogens with zero attached hydrogens (tertiary/aromatic N) is 2. The van der Waals surface area contributed by atoms with E-state index in [-0.39, 0.29) is 5.91 Å². The Balaban J connectivity index is 1.98. The zero-order chi connectivity index (χ0) is 10.3. The summed E-state index contributed by atoms with van der Waals surface area (Å²) in [5.74, 6) is 0.0862. The predicted molar refractivity (Wildman–Crippen MR) is 55.9 cm³/mol. The summed E-state index contributed by atoms with van der Waals surface area (Å²) in [6.07, 6.45) is 2.68. The maximum Gasteiger partial charge on any atom is 0.246 e. The van der Waals surface area contributed by atoms with Crippen LogP contribution in [0.5, 0.6) is 0 Å². The van der Waals surface area contributed by atoms with E-state index in [0.29, 0.717) is 18.1 Å². The number of piperidine rings is 1. The number of fused-ring (bicyclic) bond motifs is 2. The van der Waals surface area contributed by atoms with Gasteiger partial charge in [0.25, 0.3) is 0 Å². The lowest BCUT2D eigenvalue weighted by molar-refractivity contribution is -0.141. The Morgan fingerprint density at radius 2 is 2.00 bits per heavy atom. The van der Waals surface area contributed by atoms with E-state index in [2.05, 4.69) is 25.3 Å². The summed E-state index contributed by atoms with van der Waals surface area (Å²) in [6, 6.07) is 1.80. The second-order valence-electron chi connectivity index (χ2n) is 4.53. The van der Waals surface area contributed by atoms with Crippen LogP contribution in [0.15, 0.2) is 12.7 Å². The summed E-state index contributed by atoms with van der Waals surface area (Å²) in [5, 5.41) is 0. The molecule has 0 aromatic carbocycles. The summed E-state index contributed by atoms with van der Waals surface area (Å²) >= 11 is 0. The fourth-order valence-corrected chi connectivity index (χ4v) is 2.79. The number of hydrogen-bond acceptors (Lipinski definition) is 2. The van der Waals surface area contributed by atoms with Gasteiger partial charge in [0.05, 0.1) is 0 Å². The largest absolute Gasteiger partial charge is 0.336 e. The molecule has 3 heteroatoms. The molecule has 0 N–H and O–H groups in total. The van der Waals surface area contributed by atoms with Crippen molar-refractivity contribution in [2.45, 2.75) is 38.4 Å². The number of carbonyl (C=O) groups excluding carboxylic acids is 1. The zero-order valence-electron chi connectivity index (χ0n) is 8.94. The Labute approximate surface area is 85.4 Å². The molecule has 3 nitrogen and oxygen atoms in total. The number of amides is 1. The van der Waals surface area contributed by atoms with Gasteiger partial charge < -0.3 is 4.90 Å². The molecule has 3 rings (SSSR count). The lowest BCUT2D eigenvalue weighted by atomic mass is 9.86. The van der Waals surface area contributed by atoms with Crippen LogP contribution in [0.1, 0.15) is 20.3 Å². The Kier molecular flexibility index (Phi) is 2.35. The average Bonchev–Trinajstić information content (AvgIpc) is 2.15. The molecule has 0 spiro atoms. The van der Waals surface area contributed by atoms with E-state index in [1.807, 2.05) is 4.90 Å². The maximum atomic E-state index is 11.4. The van der Waals surface area contributed by atoms with Crippen molar-refractivity contribution >= 4 is 5.91 Å². The van der Waals surface area contributed by atoms with Gasteiger partial charge in [-0.1, -0.05) is 6.58 Å². The number of piperazine rings is 1. The summed E-state index contributed by atoms with van der Waals surface area (Å²) in [6.45, 7) is 9.75. The minimum atomic E-state index is 0.0862. The average molecular weight is 194 g/mol. The maximum absolute atomic E-state index is 11.4. The Bertz CT molecular complexity index is 250. The van der Waals surface area contributed by atoms with Gasteiger partial charge in [0, 0.05) is 31.2 Å². The van der Waals surface area contributed by atoms with Crippen LogP contribution < -0.4 is 0 Å². The van der Waals surface area contributed by atoms with Gasteiger partial charge in [0.1, 0.15) is 0 Å². The first kappa shape index (κ1) is 9.71. The van der Waals surface area contributed by atoms with Crippen LogP contribution in [0.4, 0.5) is 0 Å². The highest BCUT2D eigenvalue weighted by Gasteiger charge is 2.46. The quantitative estimate of drug-likeness (QED) is 0.609. The van der Waals surface area contributed by atoms with Gasteiger partial charge in [0.2, 0.25) is 5.91 Å². The first-order valence-corrected chi connectivity index (χ1v) is 5.32. The predicted octanol–water partition coefficient (Wildman–Crippen LogP) is 0.866. The van der Waals surface area contributed by atoms with Gasteiger partial charge in [-0.25, -0.2) is 0 Å². The first-order chi connectivity index (χ1) is 6.63. The monoisotopic (exact) mass is 194 g/mol. The molecule has 3 heterocycles. The summed E-state index contributed by atoms with van der Waals surface area (Å²) in [4.78, 5) is 15.8. The summed E-state index contributed by atoms with van der Waals surface area (Å²) in [5.41, 5.74) is 0. The van der Waals surface area contributed by atoms with Gasteiger partial charge in [0.15, 0.2) is 0 Å². The van der Waals surface area contributed by atoms with Crippen molar-refractivity contribution < 1.29 is 4.79 Å². The normalized spacial score (nSPS) is 31.5. The van der Waals surface area contributed by atoms with E-state index in [1.54, 1.807) is 0 Å². The van der Waals surface area contributed by atoms with E-state index < -0.39 is 0 Å². The molecular formula is C11H18N2O. The van der Waals surface area contributed by atoms with Crippen LogP contribution in [0.2, 0.25) is 0 Å². The van der Waals surface area contributed by atoms with Crippen molar-refractivity contribution in [1.82, 2.24) is 9.80 Å². The van der Waals surface area contributed by atoms with Crippen LogP contribution in [0, 0.1) is 0 Å². The standard InChI is InChI=1S/C11H18N2O/c1-4-11(14)12-6-9-5-10(7-12)13(9)8(2)3/h4,8-10H,1,5-7H2,2-3H3/t9-,10+. The van der Waals surface area contributed by atoms with Crippen molar-refractivity contribution in [2.75, 3.05) is 13.1 Å². The molecule has 3 aliphatic heterocycles. The highest BCUT2D eigenvalue weighted by atomic mass is 16.2. The van der Waals surface area contributed by atoms with E-state index in [9.17, 15) is 4.79 Å². The van der Waals surface area contributed by atoms with Gasteiger partial charge in [-0.05, 0) is 26.3 Å². The highest BCUT2D eigenvalue weighted by Crippen LogP contribution is 2.33. The van der Waals surface area contributed by atoms with Crippen LogP contribution in [0.25, 0.3) is 0 Å². The molecule has 3 saturated heterocycles. The van der Waals surface area contributed by atoms with Crippen LogP contribution in [-0.4, -0.2) is 46.9 Å². The fourth-order valence-electron chi connectivity index (χ4n) is 2.79. The Morgan fingerprint density at radius 1 is 1.43 bits per heavy atom. The molecule has 0 aromatic rings. The van der Waals surface area contributed by atoms with E-state index in [4.69, 9.17) is 0 Å². The third-order valence-corrected chi connectivity index (χ3v) is 3.33. The second kappa shape index (κ2) is 3.39. The molecule has 14 heavy (non-hydrogen) atoms. The lowest BCUT2D eigenvalue weighted by Gasteiger charge is -2.58. The van der Waals surface area contributed by atoms with Crippen molar-refractivity contribution in [3.8, 4) is 0 Å². The smallest absolute Gasteiger partial charge is 0.246 e. The molecule has 3 fully saturated rings. The third-order valence-electron chi connectivity index (χ3n) is 3.33.